The molecule has 2 heterocycles. The molecule has 0 amide bonds. The predicted octanol–water partition coefficient (Wildman–Crippen LogP) is 0.925. The molecule has 3 aliphatic rings. The van der Waals surface area contributed by atoms with E-state index in [1.165, 1.54) is 25.7 Å². The van der Waals surface area contributed by atoms with Crippen molar-refractivity contribution in [2.75, 3.05) is 32.9 Å². The van der Waals surface area contributed by atoms with Crippen molar-refractivity contribution in [3.8, 4) is 0 Å². The maximum atomic E-state index is 5.94. The van der Waals surface area contributed by atoms with E-state index in [2.05, 4.69) is 10.4 Å². The van der Waals surface area contributed by atoms with Crippen LogP contribution >= 0.6 is 0 Å². The summed E-state index contributed by atoms with van der Waals surface area (Å²) in [4.78, 5) is 0. The van der Waals surface area contributed by atoms with Gasteiger partial charge >= 0.3 is 0 Å². The quantitative estimate of drug-likeness (QED) is 0.759. The molecular weight excluding hydrogens is 204 g/mol. The Morgan fingerprint density at radius 3 is 2.62 bits per heavy atom. The smallest absolute Gasteiger partial charge is 0.0698 e. The Hall–Kier alpha value is -0.160. The minimum atomic E-state index is 0.252. The van der Waals surface area contributed by atoms with Gasteiger partial charge in [-0.1, -0.05) is 0 Å². The fraction of sp³-hybridized carbons (Fsp3) is 1.00. The first-order valence-electron chi connectivity index (χ1n) is 6.59. The topological polar surface area (TPSA) is 33.7 Å². The Morgan fingerprint density at radius 2 is 1.94 bits per heavy atom. The average molecular weight is 226 g/mol. The van der Waals surface area contributed by atoms with Crippen LogP contribution in [0.3, 0.4) is 0 Å². The van der Waals surface area contributed by atoms with Crippen molar-refractivity contribution in [2.45, 2.75) is 43.7 Å². The van der Waals surface area contributed by atoms with Crippen LogP contribution in [0.25, 0.3) is 0 Å². The van der Waals surface area contributed by atoms with Crippen molar-refractivity contribution >= 4 is 0 Å². The Balaban J connectivity index is 1.50. The minimum Gasteiger partial charge on any atom is -0.379 e. The second kappa shape index (κ2) is 4.61. The molecule has 0 bridgehead atoms. The standard InChI is InChI=1S/C12H22N2O2/c1-3-12(4-1)10-11(2-7-16-12)13-14-5-8-15-9-6-14/h11,13H,1-10H2. The van der Waals surface area contributed by atoms with E-state index < -0.39 is 0 Å². The average Bonchev–Trinajstić information content (AvgIpc) is 2.29. The van der Waals surface area contributed by atoms with Gasteiger partial charge in [-0.25, -0.2) is 5.01 Å². The highest BCUT2D eigenvalue weighted by Gasteiger charge is 2.42. The fourth-order valence-corrected chi connectivity index (χ4v) is 3.01. The van der Waals surface area contributed by atoms with E-state index >= 15 is 0 Å². The largest absolute Gasteiger partial charge is 0.379 e. The molecule has 0 aromatic carbocycles. The Bertz CT molecular complexity index is 237. The molecule has 16 heavy (non-hydrogen) atoms. The molecule has 3 rings (SSSR count). The van der Waals surface area contributed by atoms with E-state index in [4.69, 9.17) is 9.47 Å². The second-order valence-corrected chi connectivity index (χ2v) is 5.30. The highest BCUT2D eigenvalue weighted by atomic mass is 16.5. The SMILES string of the molecule is C1CC2(C1)CC(NN1CCOCC1)CCO2. The molecule has 2 aliphatic heterocycles. The maximum absolute atomic E-state index is 5.94. The molecule has 2 saturated heterocycles. The third-order valence-electron chi connectivity index (χ3n) is 4.13. The summed E-state index contributed by atoms with van der Waals surface area (Å²) in [5.41, 5.74) is 3.91. The zero-order valence-corrected chi connectivity index (χ0v) is 9.91. The van der Waals surface area contributed by atoms with Crippen LogP contribution in [0.15, 0.2) is 0 Å². The van der Waals surface area contributed by atoms with E-state index in [0.717, 1.165) is 39.3 Å². The number of hydrogen-bond acceptors (Lipinski definition) is 4. The van der Waals surface area contributed by atoms with Gasteiger partial charge in [-0.2, -0.15) is 0 Å². The molecule has 1 unspecified atom stereocenters. The number of hydrazine groups is 1. The van der Waals surface area contributed by atoms with Crippen molar-refractivity contribution in [1.29, 1.82) is 0 Å². The molecule has 3 fully saturated rings. The van der Waals surface area contributed by atoms with Crippen LogP contribution in [0.4, 0.5) is 0 Å². The predicted molar refractivity (Wildman–Crippen MR) is 61.1 cm³/mol. The van der Waals surface area contributed by atoms with E-state index in [1.54, 1.807) is 0 Å². The van der Waals surface area contributed by atoms with E-state index in [1.807, 2.05) is 0 Å². The molecular formula is C12H22N2O2. The Morgan fingerprint density at radius 1 is 1.12 bits per heavy atom. The number of ether oxygens (including phenoxy) is 2. The van der Waals surface area contributed by atoms with Crippen molar-refractivity contribution in [2.24, 2.45) is 0 Å². The first-order valence-corrected chi connectivity index (χ1v) is 6.59. The first kappa shape index (κ1) is 11.0. The van der Waals surface area contributed by atoms with Crippen LogP contribution in [0.5, 0.6) is 0 Å². The van der Waals surface area contributed by atoms with Crippen LogP contribution in [0.2, 0.25) is 0 Å². The Labute approximate surface area is 97.2 Å². The monoisotopic (exact) mass is 226 g/mol. The zero-order chi connectivity index (χ0) is 10.8. The lowest BCUT2D eigenvalue weighted by molar-refractivity contribution is -0.143. The van der Waals surface area contributed by atoms with Gasteiger partial charge in [-0.05, 0) is 32.1 Å². The van der Waals surface area contributed by atoms with Gasteiger partial charge in [-0.3, -0.25) is 5.43 Å². The molecule has 4 nitrogen and oxygen atoms in total. The van der Waals surface area contributed by atoms with Gasteiger partial charge in [0, 0.05) is 25.7 Å². The van der Waals surface area contributed by atoms with Gasteiger partial charge in [0.25, 0.3) is 0 Å². The summed E-state index contributed by atoms with van der Waals surface area (Å²) in [6, 6.07) is 0.618. The summed E-state index contributed by atoms with van der Waals surface area (Å²) in [5, 5.41) is 2.33. The molecule has 1 atom stereocenters. The van der Waals surface area contributed by atoms with Crippen molar-refractivity contribution in [3.63, 3.8) is 0 Å². The van der Waals surface area contributed by atoms with Crippen molar-refractivity contribution < 1.29 is 9.47 Å². The van der Waals surface area contributed by atoms with Crippen LogP contribution in [0.1, 0.15) is 32.1 Å². The molecule has 92 valence electrons. The number of morpholine rings is 1. The van der Waals surface area contributed by atoms with Gasteiger partial charge in [0.1, 0.15) is 0 Å². The molecule has 0 aromatic rings. The Kier molecular flexibility index (Phi) is 3.16. The van der Waals surface area contributed by atoms with E-state index in [0.29, 0.717) is 6.04 Å². The van der Waals surface area contributed by atoms with Gasteiger partial charge < -0.3 is 9.47 Å². The van der Waals surface area contributed by atoms with Crippen LogP contribution in [0, 0.1) is 0 Å². The third kappa shape index (κ3) is 2.25. The van der Waals surface area contributed by atoms with Crippen LogP contribution in [-0.4, -0.2) is 49.6 Å². The lowest BCUT2D eigenvalue weighted by Gasteiger charge is -2.48. The maximum Gasteiger partial charge on any atom is 0.0698 e. The highest BCUT2D eigenvalue weighted by Crippen LogP contribution is 2.42. The van der Waals surface area contributed by atoms with Crippen LogP contribution in [-0.2, 0) is 9.47 Å². The molecule has 0 radical (unpaired) electrons. The van der Waals surface area contributed by atoms with E-state index in [9.17, 15) is 0 Å². The summed E-state index contributed by atoms with van der Waals surface area (Å²) in [6.45, 7) is 4.69. The summed E-state index contributed by atoms with van der Waals surface area (Å²) < 4.78 is 11.3. The van der Waals surface area contributed by atoms with E-state index in [-0.39, 0.29) is 5.60 Å². The minimum absolute atomic E-state index is 0.252. The molecule has 4 heteroatoms. The van der Waals surface area contributed by atoms with Gasteiger partial charge in [0.2, 0.25) is 0 Å². The van der Waals surface area contributed by atoms with Gasteiger partial charge in [0.05, 0.1) is 18.8 Å². The van der Waals surface area contributed by atoms with Gasteiger partial charge in [0.15, 0.2) is 0 Å². The fourth-order valence-electron chi connectivity index (χ4n) is 3.01. The second-order valence-electron chi connectivity index (χ2n) is 5.30. The molecule has 1 saturated carbocycles. The van der Waals surface area contributed by atoms with Crippen molar-refractivity contribution in [3.05, 3.63) is 0 Å². The first-order chi connectivity index (χ1) is 7.86. The normalized spacial score (nSPS) is 34.9. The van der Waals surface area contributed by atoms with Crippen LogP contribution < -0.4 is 5.43 Å². The van der Waals surface area contributed by atoms with Crippen molar-refractivity contribution in [1.82, 2.24) is 10.4 Å². The zero-order valence-electron chi connectivity index (χ0n) is 9.91. The third-order valence-corrected chi connectivity index (χ3v) is 4.13. The molecule has 1 spiro atoms. The lowest BCUT2D eigenvalue weighted by atomic mass is 9.74. The lowest BCUT2D eigenvalue weighted by Crippen LogP contribution is -2.56. The number of hydrogen-bond donors (Lipinski definition) is 1. The molecule has 1 aliphatic carbocycles. The number of rotatable bonds is 2. The molecule has 0 aromatic heterocycles. The molecule has 1 N–H and O–H groups in total. The number of nitrogens with one attached hydrogen (secondary N) is 1. The summed E-state index contributed by atoms with van der Waals surface area (Å²) in [7, 11) is 0. The number of nitrogens with zero attached hydrogens (tertiary/aromatic N) is 1. The summed E-state index contributed by atoms with van der Waals surface area (Å²) >= 11 is 0. The van der Waals surface area contributed by atoms with Gasteiger partial charge in [-0.15, -0.1) is 0 Å². The highest BCUT2D eigenvalue weighted by molar-refractivity contribution is 4.95. The summed E-state index contributed by atoms with van der Waals surface area (Å²) in [6.07, 6.45) is 6.25. The summed E-state index contributed by atoms with van der Waals surface area (Å²) in [5.74, 6) is 0.